The van der Waals surface area contributed by atoms with Gasteiger partial charge in [-0.05, 0) is 109 Å². The topological polar surface area (TPSA) is 146 Å². The standard InChI is InChI=1S/C47H34Cl2F3N5O6/c1-22-17-25(18-23(2)39(22)58)38-30-15-16-31-37(44(61)56(42(31)59)29-13-7-24(8-14-29)41-54-35-5-3-4-6-36(35)63-41)32(30)20-33-43(60)57(45(62)46(33,38)26-9-11-28(48)12-10-26)55-40-34(49)19-27(21-53-40)47(50,51)52/h3-15,17-19,21,31-33,37-38,58H,16,20H2,1-2H3,(H,53,55)/t31-,32+,33-,37-,38-,46+/m0/s1. The Morgan fingerprint density at radius 2 is 1.57 bits per heavy atom. The number of benzene rings is 4. The summed E-state index contributed by atoms with van der Waals surface area (Å²) in [5, 5.41) is 11.6. The number of alkyl halides is 3. The van der Waals surface area contributed by atoms with Gasteiger partial charge >= 0.3 is 6.18 Å². The molecule has 2 aliphatic heterocycles. The van der Waals surface area contributed by atoms with Gasteiger partial charge in [0, 0.05) is 22.7 Å². The molecule has 2 saturated heterocycles. The zero-order valence-electron chi connectivity index (χ0n) is 33.3. The molecule has 1 saturated carbocycles. The van der Waals surface area contributed by atoms with Crippen LogP contribution in [-0.4, -0.2) is 43.7 Å². The number of oxazole rings is 1. The summed E-state index contributed by atoms with van der Waals surface area (Å²) in [6.45, 7) is 3.43. The number of fused-ring (bicyclic) bond motifs is 5. The van der Waals surface area contributed by atoms with E-state index in [1.165, 1.54) is 4.90 Å². The Kier molecular flexibility index (Phi) is 9.35. The number of allylic oxidation sites excluding steroid dienone is 2. The molecule has 4 aliphatic rings. The van der Waals surface area contributed by atoms with E-state index >= 15 is 9.59 Å². The van der Waals surface area contributed by atoms with Crippen LogP contribution in [0.25, 0.3) is 22.6 Å². The average Bonchev–Trinajstić information content (AvgIpc) is 3.87. The SMILES string of the molecule is Cc1cc([C@H]2C3=CC[C@@H]4C(=O)N(c5ccc(-c6nc7ccccc7o6)cc5)C(=O)[C@@H]4[C@@H]3C[C@H]3C(=O)N(Nc4ncc(C(F)(F)F)cc4Cl)C(=O)[C@@]23c2ccc(Cl)cc2)cc(C)c1O. The van der Waals surface area contributed by atoms with E-state index in [9.17, 15) is 27.9 Å². The maximum Gasteiger partial charge on any atom is 0.417 e. The predicted octanol–water partition coefficient (Wildman–Crippen LogP) is 9.73. The lowest BCUT2D eigenvalue weighted by Crippen LogP contribution is -2.53. The normalized spacial score (nSPS) is 24.4. The predicted molar refractivity (Wildman–Crippen MR) is 226 cm³/mol. The number of nitrogens with one attached hydrogen (secondary N) is 1. The molecule has 63 heavy (non-hydrogen) atoms. The van der Waals surface area contributed by atoms with Crippen molar-refractivity contribution in [1.82, 2.24) is 15.0 Å². The molecule has 2 aliphatic carbocycles. The zero-order chi connectivity index (χ0) is 44.3. The molecule has 4 heterocycles. The maximum absolute atomic E-state index is 15.5. The minimum Gasteiger partial charge on any atom is -0.507 e. The number of rotatable bonds is 6. The van der Waals surface area contributed by atoms with Crippen molar-refractivity contribution in [2.75, 3.05) is 10.3 Å². The summed E-state index contributed by atoms with van der Waals surface area (Å²) >= 11 is 12.7. The third kappa shape index (κ3) is 6.16. The molecule has 318 valence electrons. The number of hydrazine groups is 1. The molecule has 16 heteroatoms. The second-order valence-corrected chi connectivity index (χ2v) is 17.3. The van der Waals surface area contributed by atoms with Crippen LogP contribution in [0.3, 0.4) is 0 Å². The van der Waals surface area contributed by atoms with Crippen molar-refractivity contribution in [3.05, 3.63) is 147 Å². The van der Waals surface area contributed by atoms with E-state index in [-0.39, 0.29) is 24.4 Å². The summed E-state index contributed by atoms with van der Waals surface area (Å²) < 4.78 is 46.7. The summed E-state index contributed by atoms with van der Waals surface area (Å²) in [6.07, 6.45) is -2.22. The summed E-state index contributed by atoms with van der Waals surface area (Å²) in [6, 6.07) is 24.7. The molecule has 2 aromatic heterocycles. The van der Waals surface area contributed by atoms with Crippen molar-refractivity contribution in [3.8, 4) is 17.2 Å². The number of halogens is 5. The third-order valence-electron chi connectivity index (χ3n) is 13.1. The minimum atomic E-state index is -4.76. The number of para-hydroxylation sites is 2. The Hall–Kier alpha value is -6.51. The van der Waals surface area contributed by atoms with Gasteiger partial charge in [0.25, 0.3) is 11.8 Å². The first-order valence-electron chi connectivity index (χ1n) is 20.1. The van der Waals surface area contributed by atoms with E-state index in [2.05, 4.69) is 15.4 Å². The van der Waals surface area contributed by atoms with Crippen LogP contribution in [0.5, 0.6) is 5.75 Å². The van der Waals surface area contributed by atoms with Crippen LogP contribution in [0.15, 0.2) is 113 Å². The number of hydrogen-bond acceptors (Lipinski definition) is 9. The summed E-state index contributed by atoms with van der Waals surface area (Å²) in [7, 11) is 0. The number of aryl methyl sites for hydroxylation is 2. The van der Waals surface area contributed by atoms with Crippen molar-refractivity contribution < 1.29 is 41.9 Å². The molecule has 0 bridgehead atoms. The maximum atomic E-state index is 15.5. The number of phenols is 1. The molecule has 6 atom stereocenters. The molecule has 4 amide bonds. The average molecular weight is 893 g/mol. The molecule has 6 aromatic rings. The van der Waals surface area contributed by atoms with E-state index in [4.69, 9.17) is 27.6 Å². The highest BCUT2D eigenvalue weighted by Gasteiger charge is 2.70. The van der Waals surface area contributed by atoms with E-state index in [1.54, 1.807) is 80.6 Å². The lowest BCUT2D eigenvalue weighted by atomic mass is 9.49. The highest BCUT2D eigenvalue weighted by molar-refractivity contribution is 6.33. The lowest BCUT2D eigenvalue weighted by molar-refractivity contribution is -0.139. The van der Waals surface area contributed by atoms with Gasteiger partial charge < -0.3 is 9.52 Å². The molecular weight excluding hydrogens is 858 g/mol. The second kappa shape index (κ2) is 14.5. The van der Waals surface area contributed by atoms with Crippen LogP contribution in [0.2, 0.25) is 10.0 Å². The number of pyridine rings is 1. The highest BCUT2D eigenvalue weighted by atomic mass is 35.5. The van der Waals surface area contributed by atoms with Crippen LogP contribution in [-0.2, 0) is 30.8 Å². The van der Waals surface area contributed by atoms with Crippen molar-refractivity contribution in [3.63, 3.8) is 0 Å². The number of amides is 4. The first-order chi connectivity index (χ1) is 30.1. The molecule has 11 nitrogen and oxygen atoms in total. The van der Waals surface area contributed by atoms with Crippen LogP contribution in [0.1, 0.15) is 46.6 Å². The third-order valence-corrected chi connectivity index (χ3v) is 13.6. The molecule has 0 unspecified atom stereocenters. The van der Waals surface area contributed by atoms with Crippen LogP contribution in [0.4, 0.5) is 24.7 Å². The Balaban J connectivity index is 1.09. The van der Waals surface area contributed by atoms with Crippen molar-refractivity contribution in [1.29, 1.82) is 0 Å². The van der Waals surface area contributed by atoms with E-state index in [0.717, 1.165) is 5.01 Å². The molecule has 4 aromatic carbocycles. The minimum absolute atomic E-state index is 0.0374. The van der Waals surface area contributed by atoms with E-state index in [1.807, 2.05) is 24.3 Å². The number of imide groups is 2. The molecule has 10 rings (SSSR count). The summed E-state index contributed by atoms with van der Waals surface area (Å²) in [5.74, 6) is -6.89. The number of carbonyl (C=O) groups is 4. The van der Waals surface area contributed by atoms with Gasteiger partial charge in [-0.2, -0.15) is 18.2 Å². The number of aromatic hydroxyl groups is 1. The fraction of sp³-hybridized carbons (Fsp3) is 0.234. The van der Waals surface area contributed by atoms with Gasteiger partial charge in [-0.3, -0.25) is 29.5 Å². The van der Waals surface area contributed by atoms with Gasteiger partial charge in [0.1, 0.15) is 11.3 Å². The zero-order valence-corrected chi connectivity index (χ0v) is 34.8. The first kappa shape index (κ1) is 40.6. The van der Waals surface area contributed by atoms with Gasteiger partial charge in [0.15, 0.2) is 11.4 Å². The Bertz CT molecular complexity index is 2920. The molecule has 3 fully saturated rings. The monoisotopic (exact) mass is 891 g/mol. The van der Waals surface area contributed by atoms with Gasteiger partial charge in [0.05, 0.1) is 39.4 Å². The van der Waals surface area contributed by atoms with Crippen molar-refractivity contribution >= 4 is 69.4 Å². The van der Waals surface area contributed by atoms with Crippen LogP contribution < -0.4 is 10.3 Å². The van der Waals surface area contributed by atoms with Gasteiger partial charge in [-0.25, -0.2) is 9.97 Å². The van der Waals surface area contributed by atoms with Gasteiger partial charge in [-0.1, -0.05) is 71.2 Å². The van der Waals surface area contributed by atoms with Crippen molar-refractivity contribution in [2.24, 2.45) is 23.7 Å². The summed E-state index contributed by atoms with van der Waals surface area (Å²) in [4.78, 5) is 69.4. The van der Waals surface area contributed by atoms with Gasteiger partial charge in [-0.15, -0.1) is 0 Å². The molecule has 0 radical (unpaired) electrons. The number of aromatic nitrogens is 2. The Morgan fingerprint density at radius 3 is 2.24 bits per heavy atom. The molecule has 2 N–H and O–H groups in total. The molecular formula is C47H34Cl2F3N5O6. The van der Waals surface area contributed by atoms with Crippen molar-refractivity contribution in [2.45, 2.75) is 44.2 Å². The lowest BCUT2D eigenvalue weighted by Gasteiger charge is -2.50. The Labute approximate surface area is 367 Å². The number of hydrogen-bond donors (Lipinski definition) is 2. The first-order valence-corrected chi connectivity index (χ1v) is 20.8. The highest BCUT2D eigenvalue weighted by Crippen LogP contribution is 2.64. The van der Waals surface area contributed by atoms with Gasteiger partial charge in [0.2, 0.25) is 17.7 Å². The fourth-order valence-electron chi connectivity index (χ4n) is 10.3. The fourth-order valence-corrected chi connectivity index (χ4v) is 10.7. The smallest absolute Gasteiger partial charge is 0.417 e. The van der Waals surface area contributed by atoms with Crippen LogP contribution in [0, 0.1) is 37.5 Å². The molecule has 0 spiro atoms. The number of carbonyl (C=O) groups excluding carboxylic acids is 4. The van der Waals surface area contributed by atoms with Crippen LogP contribution >= 0.6 is 23.2 Å². The number of anilines is 2. The Morgan fingerprint density at radius 1 is 0.873 bits per heavy atom. The number of nitrogens with zero attached hydrogens (tertiary/aromatic N) is 4. The summed E-state index contributed by atoms with van der Waals surface area (Å²) in [5.41, 5.74) is 4.69. The van der Waals surface area contributed by atoms with E-state index in [0.29, 0.717) is 73.4 Å². The second-order valence-electron chi connectivity index (χ2n) is 16.5. The number of phenolic OH excluding ortho intramolecular Hbond substituents is 1. The van der Waals surface area contributed by atoms with E-state index < -0.39 is 75.4 Å². The largest absolute Gasteiger partial charge is 0.507 e. The quantitative estimate of drug-likeness (QED) is 0.123.